The number of carboxylic acid groups (broad SMARTS) is 1. The van der Waals surface area contributed by atoms with Gasteiger partial charge in [0.1, 0.15) is 24.7 Å². The third kappa shape index (κ3) is 9.84. The van der Waals surface area contributed by atoms with E-state index in [0.29, 0.717) is 37.5 Å². The Kier molecular flexibility index (Phi) is 11.4. The van der Waals surface area contributed by atoms with Crippen LogP contribution in [-0.2, 0) is 18.0 Å². The molecular formula is C35H37NO5. The third-order valence-corrected chi connectivity index (χ3v) is 6.74. The van der Waals surface area contributed by atoms with E-state index in [1.807, 2.05) is 103 Å². The van der Waals surface area contributed by atoms with Gasteiger partial charge in [-0.25, -0.2) is 0 Å². The van der Waals surface area contributed by atoms with Gasteiger partial charge in [0.15, 0.2) is 0 Å². The van der Waals surface area contributed by atoms with Gasteiger partial charge < -0.3 is 19.5 Å². The van der Waals surface area contributed by atoms with Crippen LogP contribution in [0.5, 0.6) is 11.5 Å². The number of aliphatic carboxylic acids is 1. The van der Waals surface area contributed by atoms with E-state index < -0.39 is 5.97 Å². The molecule has 6 nitrogen and oxygen atoms in total. The molecule has 0 saturated carbocycles. The lowest BCUT2D eigenvalue weighted by Gasteiger charge is -2.24. The Hall–Kier alpha value is -4.58. The fourth-order valence-corrected chi connectivity index (χ4v) is 4.50. The molecule has 41 heavy (non-hydrogen) atoms. The van der Waals surface area contributed by atoms with Gasteiger partial charge in [-0.05, 0) is 66.4 Å². The molecule has 0 radical (unpaired) electrons. The Bertz CT molecular complexity index is 1360. The molecule has 1 N–H and O–H groups in total. The first-order valence-corrected chi connectivity index (χ1v) is 14.2. The van der Waals surface area contributed by atoms with E-state index in [1.54, 1.807) is 11.0 Å². The van der Waals surface area contributed by atoms with Crippen molar-refractivity contribution in [2.75, 3.05) is 11.4 Å². The van der Waals surface area contributed by atoms with Crippen molar-refractivity contribution in [1.29, 1.82) is 0 Å². The maximum Gasteiger partial charge on any atom is 0.303 e. The summed E-state index contributed by atoms with van der Waals surface area (Å²) < 4.78 is 11.9. The predicted molar refractivity (Wildman–Crippen MR) is 161 cm³/mol. The molecule has 0 saturated heterocycles. The minimum Gasteiger partial charge on any atom is -0.489 e. The molecule has 4 rings (SSSR count). The van der Waals surface area contributed by atoms with Crippen LogP contribution in [0, 0.1) is 0 Å². The van der Waals surface area contributed by atoms with Gasteiger partial charge in [0.05, 0.1) is 0 Å². The normalized spacial score (nSPS) is 10.6. The second kappa shape index (κ2) is 15.9. The lowest BCUT2D eigenvalue weighted by Crippen LogP contribution is -2.32. The molecule has 0 fully saturated rings. The first-order valence-electron chi connectivity index (χ1n) is 14.2. The van der Waals surface area contributed by atoms with E-state index in [4.69, 9.17) is 14.6 Å². The number of unbranched alkanes of at least 4 members (excludes halogenated alkanes) is 4. The van der Waals surface area contributed by atoms with Crippen LogP contribution in [0.1, 0.15) is 60.0 Å². The summed E-state index contributed by atoms with van der Waals surface area (Å²) in [6.45, 7) is 1.45. The van der Waals surface area contributed by atoms with Gasteiger partial charge in [0, 0.05) is 24.2 Å². The van der Waals surface area contributed by atoms with Crippen molar-refractivity contribution in [3.63, 3.8) is 0 Å². The van der Waals surface area contributed by atoms with Gasteiger partial charge in [0.25, 0.3) is 5.91 Å². The van der Waals surface area contributed by atoms with Gasteiger partial charge in [-0.2, -0.15) is 0 Å². The van der Waals surface area contributed by atoms with Gasteiger partial charge in [-0.1, -0.05) is 86.0 Å². The van der Waals surface area contributed by atoms with Crippen molar-refractivity contribution in [3.05, 3.63) is 126 Å². The highest BCUT2D eigenvalue weighted by molar-refractivity contribution is 6.06. The largest absolute Gasteiger partial charge is 0.489 e. The molecule has 6 heteroatoms. The maximum absolute atomic E-state index is 13.8. The Labute approximate surface area is 242 Å². The zero-order valence-corrected chi connectivity index (χ0v) is 23.3. The monoisotopic (exact) mass is 551 g/mol. The zero-order valence-electron chi connectivity index (χ0n) is 23.3. The lowest BCUT2D eigenvalue weighted by molar-refractivity contribution is -0.137. The summed E-state index contributed by atoms with van der Waals surface area (Å²) in [6, 6.07) is 34.8. The molecule has 0 unspecified atom stereocenters. The minimum absolute atomic E-state index is 0.0982. The van der Waals surface area contributed by atoms with Crippen molar-refractivity contribution in [2.24, 2.45) is 0 Å². The highest BCUT2D eigenvalue weighted by Crippen LogP contribution is 2.25. The smallest absolute Gasteiger partial charge is 0.303 e. The molecule has 0 aliphatic rings. The number of amides is 1. The van der Waals surface area contributed by atoms with Crippen molar-refractivity contribution < 1.29 is 24.2 Å². The molecule has 0 aliphatic heterocycles. The molecule has 4 aromatic carbocycles. The summed E-state index contributed by atoms with van der Waals surface area (Å²) >= 11 is 0. The number of benzene rings is 4. The lowest BCUT2D eigenvalue weighted by atomic mass is 10.1. The average Bonchev–Trinajstić information content (AvgIpc) is 3.01. The summed E-state index contributed by atoms with van der Waals surface area (Å²) in [6.07, 6.45) is 4.42. The SMILES string of the molecule is O=C(O)CCCCCCCN(C(=O)c1cccc(OCc2ccccc2)c1)c1ccc(OCc2ccccc2)cc1. The molecule has 0 atom stereocenters. The fraction of sp³-hybridized carbons (Fsp3) is 0.257. The maximum atomic E-state index is 13.8. The second-order valence-corrected chi connectivity index (χ2v) is 9.94. The summed E-state index contributed by atoms with van der Waals surface area (Å²) in [5, 5.41) is 8.84. The van der Waals surface area contributed by atoms with Gasteiger partial charge in [-0.15, -0.1) is 0 Å². The van der Waals surface area contributed by atoms with Crippen molar-refractivity contribution in [1.82, 2.24) is 0 Å². The topological polar surface area (TPSA) is 76.1 Å². The van der Waals surface area contributed by atoms with Crippen LogP contribution >= 0.6 is 0 Å². The number of carbonyl (C=O) groups excluding carboxylic acids is 1. The van der Waals surface area contributed by atoms with E-state index in [-0.39, 0.29) is 12.3 Å². The molecule has 0 aromatic heterocycles. The standard InChI is InChI=1S/C35H37NO5/c37-34(38)19-10-2-1-3-11-24-36(31-20-22-32(23-21-31)40-26-28-13-6-4-7-14-28)35(39)30-17-12-18-33(25-30)41-27-29-15-8-5-9-16-29/h4-9,12-18,20-23,25H,1-3,10-11,19,24,26-27H2,(H,37,38). The van der Waals surface area contributed by atoms with E-state index in [2.05, 4.69) is 0 Å². The van der Waals surface area contributed by atoms with E-state index in [0.717, 1.165) is 48.2 Å². The quantitative estimate of drug-likeness (QED) is 0.143. The number of carboxylic acids is 1. The van der Waals surface area contributed by atoms with Crippen molar-refractivity contribution in [2.45, 2.75) is 51.7 Å². The predicted octanol–water partition coefficient (Wildman–Crippen LogP) is 7.92. The van der Waals surface area contributed by atoms with E-state index >= 15 is 0 Å². The van der Waals surface area contributed by atoms with Gasteiger partial charge in [0.2, 0.25) is 0 Å². The van der Waals surface area contributed by atoms with E-state index in [9.17, 15) is 9.59 Å². The van der Waals surface area contributed by atoms with Crippen LogP contribution in [0.4, 0.5) is 5.69 Å². The van der Waals surface area contributed by atoms with Crippen LogP contribution < -0.4 is 14.4 Å². The zero-order chi connectivity index (χ0) is 28.7. The highest BCUT2D eigenvalue weighted by Gasteiger charge is 2.18. The Morgan fingerprint density at radius 1 is 0.610 bits per heavy atom. The number of hydrogen-bond donors (Lipinski definition) is 1. The van der Waals surface area contributed by atoms with Crippen LogP contribution in [-0.4, -0.2) is 23.5 Å². The molecule has 0 aliphatic carbocycles. The molecule has 0 heterocycles. The number of anilines is 1. The summed E-state index contributed by atoms with van der Waals surface area (Å²) in [5.74, 6) is 0.523. The van der Waals surface area contributed by atoms with Crippen LogP contribution in [0.25, 0.3) is 0 Å². The van der Waals surface area contributed by atoms with Gasteiger partial charge >= 0.3 is 5.97 Å². The number of ether oxygens (including phenoxy) is 2. The second-order valence-electron chi connectivity index (χ2n) is 9.94. The minimum atomic E-state index is -0.757. The Morgan fingerprint density at radius 3 is 1.83 bits per heavy atom. The van der Waals surface area contributed by atoms with Crippen LogP contribution in [0.3, 0.4) is 0 Å². The number of nitrogens with zero attached hydrogens (tertiary/aromatic N) is 1. The summed E-state index contributed by atoms with van der Waals surface area (Å²) in [7, 11) is 0. The van der Waals surface area contributed by atoms with Crippen LogP contribution in [0.15, 0.2) is 109 Å². The molecule has 0 spiro atoms. The Morgan fingerprint density at radius 2 is 1.20 bits per heavy atom. The van der Waals surface area contributed by atoms with Crippen molar-refractivity contribution >= 4 is 17.6 Å². The summed E-state index contributed by atoms with van der Waals surface area (Å²) in [5.41, 5.74) is 3.50. The average molecular weight is 552 g/mol. The highest BCUT2D eigenvalue weighted by atomic mass is 16.5. The molecule has 1 amide bonds. The van der Waals surface area contributed by atoms with Gasteiger partial charge in [-0.3, -0.25) is 9.59 Å². The molecule has 212 valence electrons. The number of rotatable bonds is 16. The number of carbonyl (C=O) groups is 2. The summed E-state index contributed by atoms with van der Waals surface area (Å²) in [4.78, 5) is 26.3. The van der Waals surface area contributed by atoms with E-state index in [1.165, 1.54) is 0 Å². The third-order valence-electron chi connectivity index (χ3n) is 6.74. The molecular weight excluding hydrogens is 514 g/mol. The first kappa shape index (κ1) is 29.4. The molecule has 4 aromatic rings. The fourth-order valence-electron chi connectivity index (χ4n) is 4.50. The first-order chi connectivity index (χ1) is 20.1. The number of hydrogen-bond acceptors (Lipinski definition) is 4. The van der Waals surface area contributed by atoms with Crippen molar-refractivity contribution in [3.8, 4) is 11.5 Å². The Balaban J connectivity index is 1.42. The van der Waals surface area contributed by atoms with Crippen LogP contribution in [0.2, 0.25) is 0 Å². The molecule has 0 bridgehead atoms.